The van der Waals surface area contributed by atoms with E-state index in [9.17, 15) is 19.2 Å². The third-order valence-electron chi connectivity index (χ3n) is 11.1. The fraction of sp³-hybridized carbons (Fsp3) is 0.508. The number of hydrogen-bond donors (Lipinski definition) is 0. The summed E-state index contributed by atoms with van der Waals surface area (Å²) < 4.78 is 20.7. The van der Waals surface area contributed by atoms with Crippen LogP contribution in [-0.2, 0) is 23.7 Å². The Balaban J connectivity index is 0.000000352. The first kappa shape index (κ1) is 62.0. The molecule has 3 aliphatic rings. The molecular weight excluding hydrogens is 921 g/mol. The highest BCUT2D eigenvalue weighted by molar-refractivity contribution is 5.73. The van der Waals surface area contributed by atoms with Gasteiger partial charge in [-0.15, -0.1) is 0 Å². The molecule has 1 fully saturated rings. The summed E-state index contributed by atoms with van der Waals surface area (Å²) in [6.45, 7) is 45.7. The van der Waals surface area contributed by atoms with Crippen molar-refractivity contribution in [2.75, 3.05) is 45.9 Å². The van der Waals surface area contributed by atoms with Crippen LogP contribution in [-0.4, -0.2) is 102 Å². The summed E-state index contributed by atoms with van der Waals surface area (Å²) in [5.74, 6) is 0.240. The number of esters is 1. The summed E-state index contributed by atoms with van der Waals surface area (Å²) in [7, 11) is 0. The molecule has 0 radical (unpaired) electrons. The number of likely N-dealkylation sites (tertiary alicyclic amines) is 1. The van der Waals surface area contributed by atoms with Crippen molar-refractivity contribution in [1.82, 2.24) is 14.7 Å². The first-order valence-electron chi connectivity index (χ1n) is 24.8. The maximum Gasteiger partial charge on any atom is 0.410 e. The predicted molar refractivity (Wildman–Crippen MR) is 292 cm³/mol. The Morgan fingerprint density at radius 3 is 1.40 bits per heavy atom. The average Bonchev–Trinajstić information content (AvgIpc) is 3.84. The molecule has 394 valence electrons. The van der Waals surface area contributed by atoms with Gasteiger partial charge in [0.05, 0.1) is 26.3 Å². The molecule has 1 atom stereocenters. The Morgan fingerprint density at radius 1 is 0.548 bits per heavy atom. The molecule has 3 aromatic carbocycles. The molecule has 1 saturated heterocycles. The molecule has 3 amide bonds. The Morgan fingerprint density at radius 2 is 0.973 bits per heavy atom. The first-order valence-corrected chi connectivity index (χ1v) is 24.8. The number of ether oxygens (including phenoxy) is 4. The van der Waals surface area contributed by atoms with Crippen LogP contribution in [0.25, 0.3) is 25.7 Å². The van der Waals surface area contributed by atoms with Gasteiger partial charge in [-0.2, -0.15) is 0 Å². The van der Waals surface area contributed by atoms with Crippen LogP contribution in [0.2, 0.25) is 0 Å². The van der Waals surface area contributed by atoms with Gasteiger partial charge in [-0.1, -0.05) is 92.4 Å². The van der Waals surface area contributed by atoms with E-state index in [-0.39, 0.29) is 31.7 Å². The van der Waals surface area contributed by atoms with Crippen LogP contribution in [0.1, 0.15) is 151 Å². The minimum atomic E-state index is -0.467. The van der Waals surface area contributed by atoms with Crippen molar-refractivity contribution < 1.29 is 38.1 Å². The van der Waals surface area contributed by atoms with Crippen LogP contribution in [0.4, 0.5) is 31.4 Å². The van der Waals surface area contributed by atoms with E-state index in [0.29, 0.717) is 55.8 Å². The summed E-state index contributed by atoms with van der Waals surface area (Å²) in [6.07, 6.45) is 10.0. The van der Waals surface area contributed by atoms with Gasteiger partial charge in [0, 0.05) is 46.2 Å². The molecule has 0 N–H and O–H groups in total. The zero-order valence-corrected chi connectivity index (χ0v) is 44.5. The van der Waals surface area contributed by atoms with Gasteiger partial charge in [-0.3, -0.25) is 4.79 Å². The molecule has 3 aromatic rings. The van der Waals surface area contributed by atoms with Gasteiger partial charge >= 0.3 is 24.2 Å². The molecule has 0 spiro atoms. The van der Waals surface area contributed by atoms with Gasteiger partial charge in [-0.05, 0) is 148 Å². The minimum Gasteiger partial charge on any atom is -0.466 e. The van der Waals surface area contributed by atoms with Crippen LogP contribution in [0.15, 0.2) is 84.9 Å². The molecule has 1 unspecified atom stereocenters. The summed E-state index contributed by atoms with van der Waals surface area (Å²) in [4.78, 5) is 61.8. The molecule has 14 heteroatoms. The number of allylic oxidation sites excluding steroid dienone is 1. The Bertz CT molecular complexity index is 2400. The first-order chi connectivity index (χ1) is 33.9. The molecule has 6 rings (SSSR count). The normalized spacial score (nSPS) is 15.8. The van der Waals surface area contributed by atoms with E-state index in [1.54, 1.807) is 16.7 Å². The second-order valence-corrected chi connectivity index (χ2v) is 20.5. The lowest BCUT2D eigenvalue weighted by atomic mass is 9.92. The van der Waals surface area contributed by atoms with E-state index < -0.39 is 16.8 Å². The van der Waals surface area contributed by atoms with Crippen molar-refractivity contribution in [3.63, 3.8) is 0 Å². The van der Waals surface area contributed by atoms with Gasteiger partial charge < -0.3 is 33.6 Å². The van der Waals surface area contributed by atoms with Crippen molar-refractivity contribution in [2.24, 2.45) is 0 Å². The number of carbonyl (C=O) groups excluding carboxylic acids is 4. The quantitative estimate of drug-likeness (QED) is 0.144. The van der Waals surface area contributed by atoms with E-state index in [1.165, 1.54) is 23.6 Å². The highest BCUT2D eigenvalue weighted by Crippen LogP contribution is 2.31. The lowest BCUT2D eigenvalue weighted by molar-refractivity contribution is -0.140. The smallest absolute Gasteiger partial charge is 0.410 e. The van der Waals surface area contributed by atoms with Crippen LogP contribution in [0.3, 0.4) is 0 Å². The molecule has 73 heavy (non-hydrogen) atoms. The topological polar surface area (TPSA) is 128 Å². The number of benzene rings is 3. The maximum absolute atomic E-state index is 12.2. The molecule has 0 aliphatic carbocycles. The minimum absolute atomic E-state index is 0. The molecule has 0 saturated carbocycles. The van der Waals surface area contributed by atoms with E-state index in [0.717, 1.165) is 69.2 Å². The highest BCUT2D eigenvalue weighted by Gasteiger charge is 2.27. The largest absolute Gasteiger partial charge is 0.466 e. The summed E-state index contributed by atoms with van der Waals surface area (Å²) in [5, 5.41) is 0. The summed E-state index contributed by atoms with van der Waals surface area (Å²) in [6, 6.07) is 23.1. The predicted octanol–water partition coefficient (Wildman–Crippen LogP) is 15.3. The standard InChI is InChI=1S/C18H24N2O2.2C18H22N2O2.C4H8O2.CH4/c3*1-18(2,3)22-17(21)20-12-5-6-14(11-13-20)15-7-9-16(19-4)10-8-15;1-3-6-4(2)5;/h7-10,14H,5-6,11-13H2,1-3H3;7-11H,5-6,12-13H2,1-3H3;6-10H,5,11-13H2,1-3H3;3H2,1-2H3;1H4. The monoisotopic (exact) mass is 1000 g/mol. The fourth-order valence-electron chi connectivity index (χ4n) is 7.73. The molecule has 3 heterocycles. The van der Waals surface area contributed by atoms with Crippen LogP contribution >= 0.6 is 0 Å². The molecule has 14 nitrogen and oxygen atoms in total. The van der Waals surface area contributed by atoms with Gasteiger partial charge in [0.15, 0.2) is 17.1 Å². The highest BCUT2D eigenvalue weighted by atomic mass is 16.6. The second kappa shape index (κ2) is 30.0. The molecule has 3 aliphatic heterocycles. The Hall–Kier alpha value is -7.11. The van der Waals surface area contributed by atoms with Crippen molar-refractivity contribution >= 4 is 52.5 Å². The van der Waals surface area contributed by atoms with E-state index in [2.05, 4.69) is 31.4 Å². The average molecular weight is 1000 g/mol. The Kier molecular flexibility index (Phi) is 25.5. The lowest BCUT2D eigenvalue weighted by Crippen LogP contribution is -2.37. The van der Waals surface area contributed by atoms with Crippen LogP contribution in [0.5, 0.6) is 0 Å². The second-order valence-electron chi connectivity index (χ2n) is 20.5. The zero-order valence-electron chi connectivity index (χ0n) is 44.5. The van der Waals surface area contributed by atoms with Gasteiger partial charge in [0.25, 0.3) is 0 Å². The number of nitrogens with zero attached hydrogens (tertiary/aromatic N) is 6. The number of amides is 3. The number of rotatable bonds is 4. The van der Waals surface area contributed by atoms with E-state index in [1.807, 2.05) is 140 Å². The van der Waals surface area contributed by atoms with Gasteiger partial charge in [0.1, 0.15) is 16.8 Å². The van der Waals surface area contributed by atoms with Crippen molar-refractivity contribution in [3.05, 3.63) is 136 Å². The van der Waals surface area contributed by atoms with Crippen LogP contribution < -0.4 is 0 Å². The maximum atomic E-state index is 12.2. The zero-order chi connectivity index (χ0) is 53.5. The van der Waals surface area contributed by atoms with Crippen molar-refractivity contribution in [2.45, 2.75) is 151 Å². The third-order valence-corrected chi connectivity index (χ3v) is 11.1. The van der Waals surface area contributed by atoms with Crippen molar-refractivity contribution in [3.8, 4) is 0 Å². The summed E-state index contributed by atoms with van der Waals surface area (Å²) in [5.41, 5.74) is 6.55. The Labute approximate surface area is 436 Å². The molecule has 0 bridgehead atoms. The van der Waals surface area contributed by atoms with Gasteiger partial charge in [-0.25, -0.2) is 28.9 Å². The van der Waals surface area contributed by atoms with E-state index in [4.69, 9.17) is 33.9 Å². The van der Waals surface area contributed by atoms with E-state index >= 15 is 0 Å². The molecular formula is C59H80N6O8. The van der Waals surface area contributed by atoms with Crippen LogP contribution in [0, 0.1) is 19.7 Å². The summed E-state index contributed by atoms with van der Waals surface area (Å²) >= 11 is 0. The number of carbonyl (C=O) groups is 4. The fourth-order valence-corrected chi connectivity index (χ4v) is 7.73. The third kappa shape index (κ3) is 23.8. The lowest BCUT2D eigenvalue weighted by Gasteiger charge is -2.26. The molecule has 0 aromatic heterocycles. The SMILES string of the molecule is C.CCOC(C)=O.[C-]#[N+]c1ccc(C2=CCCN(C(=O)OC(C)(C)C)CC2)cc1.[C-]#[N+]c1ccc(C2=CCN(C(=O)OC(C)(C)C)CCC2)cc1.[C-]#[N+]c1ccc(C2CCCN(C(=O)OC(C)(C)C)CC2)cc1. The van der Waals surface area contributed by atoms with Gasteiger partial charge in [0.2, 0.25) is 0 Å². The van der Waals surface area contributed by atoms with Crippen molar-refractivity contribution in [1.29, 1.82) is 0 Å². The number of hydrogen-bond acceptors (Lipinski definition) is 8.